The minimum Gasteiger partial charge on any atom is -0.393 e. The Bertz CT molecular complexity index is 479. The monoisotopic (exact) mass is 283 g/mol. The summed E-state index contributed by atoms with van der Waals surface area (Å²) >= 11 is 0. The van der Waals surface area contributed by atoms with Crippen molar-refractivity contribution in [2.45, 2.75) is 38.2 Å². The van der Waals surface area contributed by atoms with Gasteiger partial charge < -0.3 is 10.4 Å². The van der Waals surface area contributed by atoms with Gasteiger partial charge in [-0.1, -0.05) is 18.9 Å². The topological polar surface area (TPSA) is 49.3 Å². The zero-order valence-electron chi connectivity index (χ0n) is 11.2. The number of aliphatic hydroxyl groups is 1. The highest BCUT2D eigenvalue weighted by Crippen LogP contribution is 2.23. The molecule has 1 aromatic rings. The van der Waals surface area contributed by atoms with Crippen molar-refractivity contribution >= 4 is 5.91 Å². The summed E-state index contributed by atoms with van der Waals surface area (Å²) in [6.45, 7) is 0.406. The van der Waals surface area contributed by atoms with Crippen LogP contribution >= 0.6 is 0 Å². The van der Waals surface area contributed by atoms with Gasteiger partial charge >= 0.3 is 0 Å². The first kappa shape index (κ1) is 14.9. The van der Waals surface area contributed by atoms with Crippen molar-refractivity contribution in [2.24, 2.45) is 5.92 Å². The van der Waals surface area contributed by atoms with Crippen molar-refractivity contribution in [2.75, 3.05) is 6.54 Å². The van der Waals surface area contributed by atoms with E-state index in [-0.39, 0.29) is 29.9 Å². The molecule has 2 atom stereocenters. The van der Waals surface area contributed by atoms with E-state index < -0.39 is 11.6 Å². The molecule has 0 aromatic heterocycles. The predicted molar refractivity (Wildman–Crippen MR) is 71.0 cm³/mol. The van der Waals surface area contributed by atoms with E-state index in [1.807, 2.05) is 0 Å². The van der Waals surface area contributed by atoms with Crippen LogP contribution in [0.5, 0.6) is 0 Å². The Morgan fingerprint density at radius 3 is 2.75 bits per heavy atom. The van der Waals surface area contributed by atoms with Gasteiger partial charge in [0.05, 0.1) is 12.5 Å². The van der Waals surface area contributed by atoms with E-state index in [0.29, 0.717) is 6.54 Å². The second kappa shape index (κ2) is 6.79. The first-order valence-corrected chi connectivity index (χ1v) is 6.95. The largest absolute Gasteiger partial charge is 0.393 e. The number of carbonyl (C=O) groups excluding carboxylic acids is 1. The van der Waals surface area contributed by atoms with E-state index >= 15 is 0 Å². The lowest BCUT2D eigenvalue weighted by Crippen LogP contribution is -2.37. The Morgan fingerprint density at radius 2 is 2.05 bits per heavy atom. The highest BCUT2D eigenvalue weighted by atomic mass is 19.1. The molecule has 110 valence electrons. The minimum atomic E-state index is -0.710. The smallest absolute Gasteiger partial charge is 0.224 e. The molecule has 0 radical (unpaired) electrons. The maximum absolute atomic E-state index is 13.4. The second-order valence-corrected chi connectivity index (χ2v) is 5.33. The van der Waals surface area contributed by atoms with Crippen LogP contribution in [-0.2, 0) is 11.2 Å². The second-order valence-electron chi connectivity index (χ2n) is 5.33. The summed E-state index contributed by atoms with van der Waals surface area (Å²) < 4.78 is 26.2. The van der Waals surface area contributed by atoms with Crippen LogP contribution in [0.1, 0.15) is 31.2 Å². The van der Waals surface area contributed by atoms with Gasteiger partial charge in [-0.25, -0.2) is 8.78 Å². The number of rotatable bonds is 4. The molecule has 5 heteroatoms. The molecule has 0 spiro atoms. The van der Waals surface area contributed by atoms with Gasteiger partial charge in [0.15, 0.2) is 0 Å². The number of hydrogen-bond acceptors (Lipinski definition) is 2. The molecule has 2 N–H and O–H groups in total. The molecule has 0 bridgehead atoms. The van der Waals surface area contributed by atoms with Crippen LogP contribution in [0.15, 0.2) is 18.2 Å². The van der Waals surface area contributed by atoms with E-state index in [1.165, 1.54) is 6.07 Å². The standard InChI is InChI=1S/C15H19F2NO2/c16-12-6-5-10(13(17)8-12)7-15(20)18-9-11-3-1-2-4-14(11)19/h5-6,8,11,14,19H,1-4,7,9H2,(H,18,20). The zero-order valence-corrected chi connectivity index (χ0v) is 11.2. The summed E-state index contributed by atoms with van der Waals surface area (Å²) in [5.74, 6) is -1.60. The third kappa shape index (κ3) is 4.00. The summed E-state index contributed by atoms with van der Waals surface area (Å²) in [6, 6.07) is 3.18. The van der Waals surface area contributed by atoms with E-state index in [4.69, 9.17) is 0 Å². The lowest BCUT2D eigenvalue weighted by atomic mass is 9.86. The van der Waals surface area contributed by atoms with Crippen LogP contribution in [-0.4, -0.2) is 23.7 Å². The maximum Gasteiger partial charge on any atom is 0.224 e. The maximum atomic E-state index is 13.4. The normalized spacial score (nSPS) is 22.6. The predicted octanol–water partition coefficient (Wildman–Crippen LogP) is 2.17. The van der Waals surface area contributed by atoms with Crippen LogP contribution in [0.4, 0.5) is 8.78 Å². The van der Waals surface area contributed by atoms with E-state index in [0.717, 1.165) is 37.8 Å². The van der Waals surface area contributed by atoms with Crippen LogP contribution in [0.2, 0.25) is 0 Å². The first-order valence-electron chi connectivity index (χ1n) is 6.95. The highest BCUT2D eigenvalue weighted by Gasteiger charge is 2.23. The molecule has 1 aromatic carbocycles. The van der Waals surface area contributed by atoms with Gasteiger partial charge in [-0.3, -0.25) is 4.79 Å². The van der Waals surface area contributed by atoms with E-state index in [2.05, 4.69) is 5.32 Å². The Labute approximate surface area is 117 Å². The fraction of sp³-hybridized carbons (Fsp3) is 0.533. The van der Waals surface area contributed by atoms with E-state index in [1.54, 1.807) is 0 Å². The van der Waals surface area contributed by atoms with Crippen molar-refractivity contribution in [3.05, 3.63) is 35.4 Å². The zero-order chi connectivity index (χ0) is 14.5. The van der Waals surface area contributed by atoms with E-state index in [9.17, 15) is 18.7 Å². The molecule has 1 fully saturated rings. The Morgan fingerprint density at radius 1 is 1.30 bits per heavy atom. The van der Waals surface area contributed by atoms with Crippen LogP contribution in [0.3, 0.4) is 0 Å². The first-order chi connectivity index (χ1) is 9.56. The summed E-state index contributed by atoms with van der Waals surface area (Å²) in [4.78, 5) is 11.7. The van der Waals surface area contributed by atoms with Gasteiger partial charge in [0.25, 0.3) is 0 Å². The van der Waals surface area contributed by atoms with Gasteiger partial charge in [0.2, 0.25) is 5.91 Å². The van der Waals surface area contributed by atoms with Crippen LogP contribution in [0, 0.1) is 17.6 Å². The van der Waals surface area contributed by atoms with Gasteiger partial charge in [-0.2, -0.15) is 0 Å². The van der Waals surface area contributed by atoms with Crippen molar-refractivity contribution in [1.29, 1.82) is 0 Å². The van der Waals surface area contributed by atoms with Crippen LogP contribution < -0.4 is 5.32 Å². The molecule has 1 aliphatic rings. The molecule has 1 saturated carbocycles. The van der Waals surface area contributed by atoms with Gasteiger partial charge in [0, 0.05) is 18.5 Å². The molecule has 3 nitrogen and oxygen atoms in total. The number of carbonyl (C=O) groups is 1. The number of aliphatic hydroxyl groups excluding tert-OH is 1. The Balaban J connectivity index is 1.83. The summed E-state index contributed by atoms with van der Waals surface area (Å²) in [5.41, 5.74) is 0.174. The number of halogens is 2. The average molecular weight is 283 g/mol. The number of nitrogens with one attached hydrogen (secondary N) is 1. The molecule has 0 saturated heterocycles. The summed E-state index contributed by atoms with van der Waals surface area (Å²) in [6.07, 6.45) is 3.26. The Kier molecular flexibility index (Phi) is 5.06. The molecule has 2 rings (SSSR count). The van der Waals surface area contributed by atoms with Crippen molar-refractivity contribution < 1.29 is 18.7 Å². The molecule has 20 heavy (non-hydrogen) atoms. The lowest BCUT2D eigenvalue weighted by molar-refractivity contribution is -0.120. The summed E-state index contributed by atoms with van der Waals surface area (Å²) in [7, 11) is 0. The molecule has 1 aliphatic carbocycles. The quantitative estimate of drug-likeness (QED) is 0.889. The van der Waals surface area contributed by atoms with Gasteiger partial charge in [0.1, 0.15) is 11.6 Å². The third-order valence-corrected chi connectivity index (χ3v) is 3.80. The van der Waals surface area contributed by atoms with Crippen molar-refractivity contribution in [3.8, 4) is 0 Å². The fourth-order valence-electron chi connectivity index (χ4n) is 2.57. The molecule has 2 unspecified atom stereocenters. The SMILES string of the molecule is O=C(Cc1ccc(F)cc1F)NCC1CCCCC1O. The van der Waals surface area contributed by atoms with Gasteiger partial charge in [-0.05, 0) is 24.5 Å². The highest BCUT2D eigenvalue weighted by molar-refractivity contribution is 5.78. The number of amides is 1. The van der Waals surface area contributed by atoms with Crippen LogP contribution in [0.25, 0.3) is 0 Å². The summed E-state index contributed by atoms with van der Waals surface area (Å²) in [5, 5.41) is 12.5. The van der Waals surface area contributed by atoms with Gasteiger partial charge in [-0.15, -0.1) is 0 Å². The minimum absolute atomic E-state index is 0.0748. The molecular formula is C15H19F2NO2. The fourth-order valence-corrected chi connectivity index (χ4v) is 2.57. The molecular weight excluding hydrogens is 264 g/mol. The average Bonchev–Trinajstić information content (AvgIpc) is 2.41. The molecule has 0 aliphatic heterocycles. The third-order valence-electron chi connectivity index (χ3n) is 3.80. The Hall–Kier alpha value is -1.49. The number of hydrogen-bond donors (Lipinski definition) is 2. The van der Waals surface area contributed by atoms with Crippen molar-refractivity contribution in [3.63, 3.8) is 0 Å². The number of benzene rings is 1. The lowest BCUT2D eigenvalue weighted by Gasteiger charge is -2.27. The molecule has 1 amide bonds. The molecule has 0 heterocycles. The van der Waals surface area contributed by atoms with Crippen molar-refractivity contribution in [1.82, 2.24) is 5.32 Å².